The van der Waals surface area contributed by atoms with Crippen molar-refractivity contribution in [3.05, 3.63) is 53.9 Å². The molecule has 0 spiro atoms. The van der Waals surface area contributed by atoms with E-state index in [1.165, 1.54) is 11.1 Å². The Balaban J connectivity index is 1.51. The lowest BCUT2D eigenvalue weighted by Gasteiger charge is -2.32. The molecule has 29 heavy (non-hydrogen) atoms. The third-order valence-electron chi connectivity index (χ3n) is 6.45. The van der Waals surface area contributed by atoms with E-state index < -0.39 is 0 Å². The smallest absolute Gasteiger partial charge is 0.320 e. The number of rotatable bonds is 2. The second-order valence-corrected chi connectivity index (χ2v) is 8.43. The molecule has 5 rings (SSSR count). The number of aryl methyl sites for hydroxylation is 1. The molecule has 2 aliphatic heterocycles. The number of amides is 2. The third-order valence-corrected chi connectivity index (χ3v) is 6.45. The quantitative estimate of drug-likeness (QED) is 0.730. The molecule has 0 aliphatic carbocycles. The zero-order chi connectivity index (χ0) is 20.1. The first-order chi connectivity index (χ1) is 14.0. The summed E-state index contributed by atoms with van der Waals surface area (Å²) in [5, 5.41) is 8.28. The molecule has 4 heterocycles. The topological polar surface area (TPSA) is 68.4 Å². The van der Waals surface area contributed by atoms with E-state index in [0.717, 1.165) is 36.4 Å². The number of nitrogens with zero attached hydrogens (tertiary/aromatic N) is 5. The van der Waals surface area contributed by atoms with E-state index in [-0.39, 0.29) is 12.1 Å². The summed E-state index contributed by atoms with van der Waals surface area (Å²) in [4.78, 5) is 23.8. The average molecular weight is 390 g/mol. The maximum absolute atomic E-state index is 13.0. The summed E-state index contributed by atoms with van der Waals surface area (Å²) in [5.74, 6) is 1.79. The highest BCUT2D eigenvalue weighted by atomic mass is 16.2. The molecule has 7 heteroatoms. The van der Waals surface area contributed by atoms with Gasteiger partial charge in [-0.1, -0.05) is 24.3 Å². The fraction of sp³-hybridized carbons (Fsp3) is 0.409. The largest absolute Gasteiger partial charge is 0.355 e. The van der Waals surface area contributed by atoms with Crippen molar-refractivity contribution < 1.29 is 4.79 Å². The van der Waals surface area contributed by atoms with Gasteiger partial charge in [0.2, 0.25) is 0 Å². The SMILES string of the molecule is Cc1ccccc1[C@H]1[C@@H]2CN(c3nccc4[nH]ncc34)C[C@@H]2CN1C(=O)N(C)C. The Hall–Kier alpha value is -3.09. The van der Waals surface area contributed by atoms with Crippen LogP contribution in [0.15, 0.2) is 42.7 Å². The van der Waals surface area contributed by atoms with E-state index in [4.69, 9.17) is 0 Å². The number of benzene rings is 1. The molecule has 2 fully saturated rings. The number of nitrogens with one attached hydrogen (secondary N) is 1. The second kappa shape index (κ2) is 6.76. The average Bonchev–Trinajstić information content (AvgIpc) is 3.41. The summed E-state index contributed by atoms with van der Waals surface area (Å²) in [5.41, 5.74) is 3.50. The number of anilines is 1. The Morgan fingerprint density at radius 1 is 1.17 bits per heavy atom. The molecule has 3 atom stereocenters. The molecule has 2 aromatic heterocycles. The number of carbonyl (C=O) groups excluding carboxylic acids is 1. The Kier molecular flexibility index (Phi) is 4.19. The summed E-state index contributed by atoms with van der Waals surface area (Å²) in [6.45, 7) is 4.71. The number of urea groups is 1. The van der Waals surface area contributed by atoms with Gasteiger partial charge in [0.1, 0.15) is 5.82 Å². The molecule has 0 saturated carbocycles. The highest BCUT2D eigenvalue weighted by molar-refractivity contribution is 5.89. The van der Waals surface area contributed by atoms with Gasteiger partial charge in [-0.2, -0.15) is 5.10 Å². The molecule has 0 bridgehead atoms. The van der Waals surface area contributed by atoms with Gasteiger partial charge in [0, 0.05) is 51.8 Å². The summed E-state index contributed by atoms with van der Waals surface area (Å²) in [6.07, 6.45) is 3.69. The maximum Gasteiger partial charge on any atom is 0.320 e. The molecule has 150 valence electrons. The Morgan fingerprint density at radius 3 is 2.79 bits per heavy atom. The summed E-state index contributed by atoms with van der Waals surface area (Å²) >= 11 is 0. The number of hydrogen-bond acceptors (Lipinski definition) is 4. The van der Waals surface area contributed by atoms with Gasteiger partial charge in [0.05, 0.1) is 23.1 Å². The monoisotopic (exact) mass is 390 g/mol. The predicted molar refractivity (Wildman–Crippen MR) is 113 cm³/mol. The van der Waals surface area contributed by atoms with E-state index in [1.807, 2.05) is 32.6 Å². The Morgan fingerprint density at radius 2 is 2.00 bits per heavy atom. The molecule has 1 N–H and O–H groups in total. The van der Waals surface area contributed by atoms with Gasteiger partial charge in [-0.25, -0.2) is 9.78 Å². The maximum atomic E-state index is 13.0. The summed E-state index contributed by atoms with van der Waals surface area (Å²) in [6, 6.07) is 10.6. The van der Waals surface area contributed by atoms with Crippen molar-refractivity contribution in [2.45, 2.75) is 13.0 Å². The van der Waals surface area contributed by atoms with Crippen LogP contribution in [-0.2, 0) is 0 Å². The van der Waals surface area contributed by atoms with Crippen LogP contribution in [0.4, 0.5) is 10.6 Å². The van der Waals surface area contributed by atoms with E-state index in [2.05, 4.69) is 56.2 Å². The first-order valence-corrected chi connectivity index (χ1v) is 10.1. The summed E-state index contributed by atoms with van der Waals surface area (Å²) < 4.78 is 0. The molecule has 2 saturated heterocycles. The van der Waals surface area contributed by atoms with Crippen LogP contribution in [0.2, 0.25) is 0 Å². The third kappa shape index (κ3) is 2.84. The number of carbonyl (C=O) groups is 1. The van der Waals surface area contributed by atoms with Crippen LogP contribution in [0.5, 0.6) is 0 Å². The highest BCUT2D eigenvalue weighted by Gasteiger charge is 2.50. The molecular formula is C22H26N6O. The number of pyridine rings is 1. The van der Waals surface area contributed by atoms with E-state index >= 15 is 0 Å². The van der Waals surface area contributed by atoms with E-state index in [1.54, 1.807) is 4.90 Å². The van der Waals surface area contributed by atoms with Crippen molar-refractivity contribution in [2.24, 2.45) is 11.8 Å². The molecule has 2 aliphatic rings. The Bertz CT molecular complexity index is 1060. The normalized spacial score (nSPS) is 23.6. The zero-order valence-corrected chi connectivity index (χ0v) is 17.0. The van der Waals surface area contributed by atoms with Crippen molar-refractivity contribution in [2.75, 3.05) is 38.6 Å². The lowest BCUT2D eigenvalue weighted by molar-refractivity contribution is 0.159. The van der Waals surface area contributed by atoms with Crippen LogP contribution in [0.1, 0.15) is 17.2 Å². The van der Waals surface area contributed by atoms with Crippen LogP contribution in [-0.4, -0.2) is 64.7 Å². The first-order valence-electron chi connectivity index (χ1n) is 10.1. The van der Waals surface area contributed by atoms with E-state index in [9.17, 15) is 4.79 Å². The lowest BCUT2D eigenvalue weighted by Crippen LogP contribution is -2.41. The van der Waals surface area contributed by atoms with Crippen LogP contribution in [0.3, 0.4) is 0 Å². The minimum atomic E-state index is 0.0876. The van der Waals surface area contributed by atoms with Crippen molar-refractivity contribution in [1.82, 2.24) is 25.0 Å². The molecule has 0 unspecified atom stereocenters. The van der Waals surface area contributed by atoms with Crippen molar-refractivity contribution in [1.29, 1.82) is 0 Å². The number of H-pyrrole nitrogens is 1. The number of aromatic nitrogens is 3. The van der Waals surface area contributed by atoms with Crippen molar-refractivity contribution >= 4 is 22.8 Å². The van der Waals surface area contributed by atoms with Crippen LogP contribution in [0.25, 0.3) is 10.9 Å². The number of aromatic amines is 1. The van der Waals surface area contributed by atoms with Crippen LogP contribution in [0, 0.1) is 18.8 Å². The van der Waals surface area contributed by atoms with Gasteiger partial charge in [-0.3, -0.25) is 5.10 Å². The van der Waals surface area contributed by atoms with Gasteiger partial charge in [0.15, 0.2) is 0 Å². The zero-order valence-electron chi connectivity index (χ0n) is 17.0. The molecule has 7 nitrogen and oxygen atoms in total. The molecule has 2 amide bonds. The van der Waals surface area contributed by atoms with E-state index in [0.29, 0.717) is 11.8 Å². The molecule has 0 radical (unpaired) electrons. The fourth-order valence-corrected chi connectivity index (χ4v) is 5.09. The lowest BCUT2D eigenvalue weighted by atomic mass is 9.88. The minimum Gasteiger partial charge on any atom is -0.355 e. The number of likely N-dealkylation sites (tertiary alicyclic amines) is 1. The van der Waals surface area contributed by atoms with Gasteiger partial charge < -0.3 is 14.7 Å². The Labute approximate surface area is 170 Å². The van der Waals surface area contributed by atoms with Gasteiger partial charge in [-0.05, 0) is 24.1 Å². The number of hydrogen-bond donors (Lipinski definition) is 1. The number of fused-ring (bicyclic) bond motifs is 2. The van der Waals surface area contributed by atoms with Gasteiger partial charge >= 0.3 is 6.03 Å². The van der Waals surface area contributed by atoms with Crippen molar-refractivity contribution in [3.8, 4) is 0 Å². The first kappa shape index (κ1) is 18.0. The van der Waals surface area contributed by atoms with Crippen LogP contribution < -0.4 is 4.90 Å². The summed E-state index contributed by atoms with van der Waals surface area (Å²) in [7, 11) is 3.67. The van der Waals surface area contributed by atoms with Crippen molar-refractivity contribution in [3.63, 3.8) is 0 Å². The standard InChI is InChI=1S/C22H26N6O/c1-14-6-4-5-7-16(14)20-18-13-27(11-15(18)12-28(20)22(29)26(2)3)21-17-10-24-25-19(17)8-9-23-21/h4-10,15,18,20H,11-13H2,1-3H3,(H,24,25)/t15-,18-,20+/m1/s1. The molecule has 1 aromatic carbocycles. The van der Waals surface area contributed by atoms with Gasteiger partial charge in [0.25, 0.3) is 0 Å². The predicted octanol–water partition coefficient (Wildman–Crippen LogP) is 3.06. The molecule has 3 aromatic rings. The molecular weight excluding hydrogens is 364 g/mol. The van der Waals surface area contributed by atoms with Gasteiger partial charge in [-0.15, -0.1) is 0 Å². The fourth-order valence-electron chi connectivity index (χ4n) is 5.09. The highest BCUT2D eigenvalue weighted by Crippen LogP contribution is 2.47. The minimum absolute atomic E-state index is 0.0876. The second-order valence-electron chi connectivity index (χ2n) is 8.43. The van der Waals surface area contributed by atoms with Crippen LogP contribution >= 0.6 is 0 Å².